The first-order chi connectivity index (χ1) is 10.2. The van der Waals surface area contributed by atoms with Crippen LogP contribution in [0.4, 0.5) is 0 Å². The van der Waals surface area contributed by atoms with Crippen LogP contribution in [-0.4, -0.2) is 28.2 Å². The van der Waals surface area contributed by atoms with Crippen molar-refractivity contribution in [2.75, 3.05) is 13.1 Å². The third-order valence-electron chi connectivity index (χ3n) is 4.06. The molecule has 0 bridgehead atoms. The highest BCUT2D eigenvalue weighted by Gasteiger charge is 2.23. The second-order valence-electron chi connectivity index (χ2n) is 5.58. The van der Waals surface area contributed by atoms with Gasteiger partial charge in [0.1, 0.15) is 0 Å². The summed E-state index contributed by atoms with van der Waals surface area (Å²) in [6.07, 6.45) is 4.53. The van der Waals surface area contributed by atoms with Gasteiger partial charge in [-0.25, -0.2) is 0 Å². The first-order valence-electron chi connectivity index (χ1n) is 7.51. The Balaban J connectivity index is 1.61. The molecule has 1 aromatic heterocycles. The SMILES string of the molecule is Cc1nnc(C(C)N2CCC(=Cc3ccccc3)CC2)o1. The highest BCUT2D eigenvalue weighted by atomic mass is 16.4. The molecule has 0 saturated carbocycles. The molecule has 3 rings (SSSR count). The van der Waals surface area contributed by atoms with Crippen LogP contribution in [0, 0.1) is 6.92 Å². The normalized spacial score (nSPS) is 17.7. The van der Waals surface area contributed by atoms with Crippen molar-refractivity contribution in [1.29, 1.82) is 0 Å². The van der Waals surface area contributed by atoms with E-state index in [1.165, 1.54) is 11.1 Å². The van der Waals surface area contributed by atoms with Gasteiger partial charge in [-0.3, -0.25) is 4.90 Å². The summed E-state index contributed by atoms with van der Waals surface area (Å²) in [5.74, 6) is 1.36. The van der Waals surface area contributed by atoms with E-state index in [9.17, 15) is 0 Å². The highest BCUT2D eigenvalue weighted by molar-refractivity contribution is 5.52. The summed E-state index contributed by atoms with van der Waals surface area (Å²) in [7, 11) is 0. The molecule has 0 N–H and O–H groups in total. The fourth-order valence-electron chi connectivity index (χ4n) is 2.76. The summed E-state index contributed by atoms with van der Waals surface area (Å²) in [6.45, 7) is 6.06. The number of hydrogen-bond donors (Lipinski definition) is 0. The van der Waals surface area contributed by atoms with E-state index in [2.05, 4.69) is 58.4 Å². The fourth-order valence-corrected chi connectivity index (χ4v) is 2.76. The topological polar surface area (TPSA) is 42.2 Å². The molecular weight excluding hydrogens is 262 g/mol. The summed E-state index contributed by atoms with van der Waals surface area (Å²) in [4.78, 5) is 2.41. The number of likely N-dealkylation sites (tertiary alicyclic amines) is 1. The van der Waals surface area contributed by atoms with Gasteiger partial charge in [0, 0.05) is 20.0 Å². The zero-order valence-corrected chi connectivity index (χ0v) is 12.6. The summed E-state index contributed by atoms with van der Waals surface area (Å²) >= 11 is 0. The average molecular weight is 283 g/mol. The van der Waals surface area contributed by atoms with E-state index >= 15 is 0 Å². The van der Waals surface area contributed by atoms with Crippen molar-refractivity contribution >= 4 is 6.08 Å². The van der Waals surface area contributed by atoms with Crippen LogP contribution in [0.2, 0.25) is 0 Å². The highest BCUT2D eigenvalue weighted by Crippen LogP contribution is 2.26. The van der Waals surface area contributed by atoms with Gasteiger partial charge in [-0.2, -0.15) is 0 Å². The Kier molecular flexibility index (Phi) is 4.15. The first-order valence-corrected chi connectivity index (χ1v) is 7.51. The van der Waals surface area contributed by atoms with Crippen molar-refractivity contribution in [3.05, 3.63) is 53.2 Å². The molecule has 1 fully saturated rings. The number of rotatable bonds is 3. The number of nitrogens with zero attached hydrogens (tertiary/aromatic N) is 3. The Morgan fingerprint density at radius 2 is 1.86 bits per heavy atom. The van der Waals surface area contributed by atoms with Gasteiger partial charge in [-0.05, 0) is 25.3 Å². The number of piperidine rings is 1. The first kappa shape index (κ1) is 14.0. The van der Waals surface area contributed by atoms with E-state index in [1.54, 1.807) is 0 Å². The van der Waals surface area contributed by atoms with Crippen LogP contribution < -0.4 is 0 Å². The van der Waals surface area contributed by atoms with Crippen molar-refractivity contribution in [2.45, 2.75) is 32.7 Å². The maximum absolute atomic E-state index is 5.54. The van der Waals surface area contributed by atoms with Crippen LogP contribution in [0.15, 0.2) is 40.3 Å². The molecule has 1 aliphatic rings. The molecular formula is C17H21N3O. The molecule has 1 aromatic carbocycles. The largest absolute Gasteiger partial charge is 0.424 e. The van der Waals surface area contributed by atoms with Gasteiger partial charge in [0.15, 0.2) is 0 Å². The lowest BCUT2D eigenvalue weighted by Crippen LogP contribution is -2.33. The van der Waals surface area contributed by atoms with Gasteiger partial charge < -0.3 is 4.42 Å². The summed E-state index contributed by atoms with van der Waals surface area (Å²) in [5, 5.41) is 8.05. The molecule has 0 spiro atoms. The smallest absolute Gasteiger partial charge is 0.233 e. The molecule has 4 heteroatoms. The third-order valence-corrected chi connectivity index (χ3v) is 4.06. The van der Waals surface area contributed by atoms with Gasteiger partial charge in [0.2, 0.25) is 11.8 Å². The molecule has 1 atom stereocenters. The minimum Gasteiger partial charge on any atom is -0.424 e. The van der Waals surface area contributed by atoms with E-state index < -0.39 is 0 Å². The second kappa shape index (κ2) is 6.22. The van der Waals surface area contributed by atoms with E-state index in [4.69, 9.17) is 4.42 Å². The Morgan fingerprint density at radius 3 is 2.48 bits per heavy atom. The molecule has 0 amide bonds. The van der Waals surface area contributed by atoms with Crippen LogP contribution in [0.1, 0.15) is 43.2 Å². The minimum atomic E-state index is 0.199. The van der Waals surface area contributed by atoms with Crippen molar-refractivity contribution in [1.82, 2.24) is 15.1 Å². The third kappa shape index (κ3) is 3.39. The van der Waals surface area contributed by atoms with Crippen LogP contribution in [0.25, 0.3) is 6.08 Å². The predicted octanol–water partition coefficient (Wildman–Crippen LogP) is 3.62. The maximum atomic E-state index is 5.54. The van der Waals surface area contributed by atoms with Gasteiger partial charge in [-0.15, -0.1) is 10.2 Å². The number of aromatic nitrogens is 2. The van der Waals surface area contributed by atoms with Crippen molar-refractivity contribution in [3.63, 3.8) is 0 Å². The predicted molar refractivity (Wildman–Crippen MR) is 82.7 cm³/mol. The molecule has 110 valence electrons. The van der Waals surface area contributed by atoms with Gasteiger partial charge in [0.25, 0.3) is 0 Å². The lowest BCUT2D eigenvalue weighted by molar-refractivity contribution is 0.170. The maximum Gasteiger partial charge on any atom is 0.233 e. The summed E-state index contributed by atoms with van der Waals surface area (Å²) in [6, 6.07) is 10.7. The van der Waals surface area contributed by atoms with Gasteiger partial charge in [0.05, 0.1) is 6.04 Å². The van der Waals surface area contributed by atoms with Crippen LogP contribution in [0.3, 0.4) is 0 Å². The molecule has 0 radical (unpaired) electrons. The summed E-state index contributed by atoms with van der Waals surface area (Å²) < 4.78 is 5.54. The quantitative estimate of drug-likeness (QED) is 0.863. The van der Waals surface area contributed by atoms with Crippen molar-refractivity contribution in [3.8, 4) is 0 Å². The number of hydrogen-bond acceptors (Lipinski definition) is 4. The fraction of sp³-hybridized carbons (Fsp3) is 0.412. The molecule has 2 heterocycles. The molecule has 2 aromatic rings. The Bertz CT molecular complexity index is 608. The molecule has 21 heavy (non-hydrogen) atoms. The monoisotopic (exact) mass is 283 g/mol. The number of benzene rings is 1. The summed E-state index contributed by atoms with van der Waals surface area (Å²) in [5.41, 5.74) is 2.81. The minimum absolute atomic E-state index is 0.199. The van der Waals surface area contributed by atoms with Gasteiger partial charge in [-0.1, -0.05) is 42.0 Å². The lowest BCUT2D eigenvalue weighted by Gasteiger charge is -2.31. The van der Waals surface area contributed by atoms with E-state index in [0.717, 1.165) is 31.8 Å². The van der Waals surface area contributed by atoms with Crippen LogP contribution >= 0.6 is 0 Å². The van der Waals surface area contributed by atoms with E-state index in [0.29, 0.717) is 5.89 Å². The lowest BCUT2D eigenvalue weighted by atomic mass is 10.00. The Hall–Kier alpha value is -1.94. The molecule has 4 nitrogen and oxygen atoms in total. The molecule has 1 aliphatic heterocycles. The molecule has 1 saturated heterocycles. The Labute approximate surface area is 125 Å². The second-order valence-corrected chi connectivity index (χ2v) is 5.58. The van der Waals surface area contributed by atoms with E-state index in [-0.39, 0.29) is 6.04 Å². The van der Waals surface area contributed by atoms with Gasteiger partial charge >= 0.3 is 0 Å². The zero-order chi connectivity index (χ0) is 14.7. The average Bonchev–Trinajstić information content (AvgIpc) is 2.95. The number of aryl methyl sites for hydroxylation is 1. The molecule has 1 unspecified atom stereocenters. The van der Waals surface area contributed by atoms with Crippen molar-refractivity contribution < 1.29 is 4.42 Å². The Morgan fingerprint density at radius 1 is 1.14 bits per heavy atom. The molecule has 0 aliphatic carbocycles. The zero-order valence-electron chi connectivity index (χ0n) is 12.6. The van der Waals surface area contributed by atoms with E-state index in [1.807, 2.05) is 6.92 Å². The van der Waals surface area contributed by atoms with Crippen LogP contribution in [0.5, 0.6) is 0 Å². The van der Waals surface area contributed by atoms with Crippen molar-refractivity contribution in [2.24, 2.45) is 0 Å². The van der Waals surface area contributed by atoms with Crippen LogP contribution in [-0.2, 0) is 0 Å². The standard InChI is InChI=1S/C17H21N3O/c1-13(17-19-18-14(2)21-17)20-10-8-16(9-11-20)12-15-6-4-3-5-7-15/h3-7,12-13H,8-11H2,1-2H3.